The van der Waals surface area contributed by atoms with Gasteiger partial charge in [0.1, 0.15) is 0 Å². The maximum Gasteiger partial charge on any atom is 0.0267 e. The van der Waals surface area contributed by atoms with Crippen molar-refractivity contribution in [2.45, 2.75) is 38.5 Å². The van der Waals surface area contributed by atoms with Crippen LogP contribution < -0.4 is 0 Å². The second-order valence-corrected chi connectivity index (χ2v) is 1.93. The Morgan fingerprint density at radius 2 is 1.29 bits per heavy atom. The Morgan fingerprint density at radius 1 is 0.857 bits per heavy atom. The van der Waals surface area contributed by atoms with Gasteiger partial charge in [0.05, 0.1) is 0 Å². The van der Waals surface area contributed by atoms with Crippen molar-refractivity contribution in [1.29, 1.82) is 0 Å². The topological polar surface area (TPSA) is 0 Å². The molecule has 0 aromatic rings. The fourth-order valence-electron chi connectivity index (χ4n) is 0.898. The summed E-state index contributed by atoms with van der Waals surface area (Å²) < 4.78 is 7.27. The highest BCUT2D eigenvalue weighted by Gasteiger charge is 1.95. The van der Waals surface area contributed by atoms with Gasteiger partial charge in [-0.05, 0) is 0 Å². The van der Waals surface area contributed by atoms with Crippen molar-refractivity contribution in [3.8, 4) is 0 Å². The van der Waals surface area contributed by atoms with Crippen molar-refractivity contribution in [2.24, 2.45) is 0 Å². The molecular formula is C6H13Cl. The molecule has 7 heavy (non-hydrogen) atoms. The predicted molar refractivity (Wildman–Crippen MR) is 34.9 cm³/mol. The molecule has 1 saturated carbocycles. The molecule has 0 N–H and O–H groups in total. The van der Waals surface area contributed by atoms with Crippen LogP contribution in [0.1, 0.15) is 39.9 Å². The van der Waals surface area contributed by atoms with Crippen LogP contribution in [0.5, 0.6) is 0 Å². The summed E-state index contributed by atoms with van der Waals surface area (Å²) in [6.45, 7) is 0. The zero-order valence-corrected chi connectivity index (χ0v) is 5.34. The summed E-state index contributed by atoms with van der Waals surface area (Å²) >= 11 is 0. The first kappa shape index (κ1) is 5.43. The van der Waals surface area contributed by atoms with Crippen LogP contribution >= 0.6 is 12.4 Å². The lowest BCUT2D eigenvalue weighted by atomic mass is 10.0. The second kappa shape index (κ2) is 4.45. The molecule has 0 aliphatic heterocycles. The first-order valence-corrected chi connectivity index (χ1v) is 2.82. The van der Waals surface area contributed by atoms with Crippen LogP contribution in [-0.4, -0.2) is 0 Å². The van der Waals surface area contributed by atoms with Crippen molar-refractivity contribution >= 4 is 12.4 Å². The molecule has 0 radical (unpaired) electrons. The summed E-state index contributed by atoms with van der Waals surface area (Å²) in [4.78, 5) is 0. The lowest BCUT2D eigenvalue weighted by Crippen LogP contribution is -1.85. The molecule has 0 bridgehead atoms. The van der Waals surface area contributed by atoms with Crippen LogP contribution in [-0.2, 0) is 0 Å². The lowest BCUT2D eigenvalue weighted by Gasteiger charge is -2.05. The van der Waals surface area contributed by atoms with Gasteiger partial charge >= 0.3 is 0 Å². The van der Waals surface area contributed by atoms with Gasteiger partial charge in [-0.15, -0.1) is 12.4 Å². The molecule has 0 aromatic carbocycles. The van der Waals surface area contributed by atoms with E-state index >= 15 is 0 Å². The molecule has 1 aliphatic rings. The molecule has 1 aliphatic carbocycles. The van der Waals surface area contributed by atoms with Gasteiger partial charge in [0, 0.05) is 1.37 Å². The first-order valence-electron chi connectivity index (χ1n) is 3.39. The molecule has 0 unspecified atom stereocenters. The number of hydrogen-bond acceptors (Lipinski definition) is 0. The molecular weight excluding hydrogens is 108 g/mol. The summed E-state index contributed by atoms with van der Waals surface area (Å²) in [6, 6.07) is 0. The van der Waals surface area contributed by atoms with Crippen LogP contribution in [0, 0.1) is 0 Å². The zero-order valence-electron chi connectivity index (χ0n) is 5.52. The van der Waals surface area contributed by atoms with Gasteiger partial charge in [-0.3, -0.25) is 0 Å². The third-order valence-electron chi connectivity index (χ3n) is 1.32. The molecule has 0 heterocycles. The van der Waals surface area contributed by atoms with Gasteiger partial charge in [-0.25, -0.2) is 0 Å². The third kappa shape index (κ3) is 2.93. The molecule has 0 saturated heterocycles. The second-order valence-electron chi connectivity index (χ2n) is 1.93. The number of rotatable bonds is 0. The Balaban J connectivity index is 0.000000490. The molecule has 0 amide bonds. The first-order chi connectivity index (χ1) is 3.39. The molecule has 0 aromatic heterocycles. The fraction of sp³-hybridized carbons (Fsp3) is 1.00. The highest BCUT2D eigenvalue weighted by atomic mass is 35.5. The Labute approximate surface area is 53.1 Å². The van der Waals surface area contributed by atoms with Crippen molar-refractivity contribution in [1.82, 2.24) is 0 Å². The summed E-state index contributed by atoms with van der Waals surface area (Å²) in [5.74, 6) is 0. The Hall–Kier alpha value is 0.290. The van der Waals surface area contributed by atoms with Gasteiger partial charge in [0.25, 0.3) is 0 Å². The van der Waals surface area contributed by atoms with Gasteiger partial charge in [0.2, 0.25) is 0 Å². The van der Waals surface area contributed by atoms with E-state index in [0.717, 1.165) is 12.8 Å². The van der Waals surface area contributed by atoms with Gasteiger partial charge in [-0.1, -0.05) is 38.5 Å². The average Bonchev–Trinajstić information content (AvgIpc) is 1.69. The van der Waals surface area contributed by atoms with Crippen LogP contribution in [0.2, 0.25) is 0 Å². The van der Waals surface area contributed by atoms with Crippen molar-refractivity contribution in [2.75, 3.05) is 0 Å². The van der Waals surface area contributed by atoms with Gasteiger partial charge < -0.3 is 0 Å². The number of halogens is 1. The summed E-state index contributed by atoms with van der Waals surface area (Å²) in [6.07, 6.45) is 6.56. The molecule has 0 spiro atoms. The average molecular weight is 123 g/mol. The Kier molecular flexibility index (Phi) is 3.45. The summed E-state index contributed by atoms with van der Waals surface area (Å²) in [7, 11) is 0. The van der Waals surface area contributed by atoms with E-state index in [0.29, 0.717) is 0 Å². The highest BCUT2D eigenvalue weighted by Crippen LogP contribution is 2.15. The molecule has 1 rings (SSSR count). The summed E-state index contributed by atoms with van der Waals surface area (Å²) in [5, 5.41) is 0. The molecule has 44 valence electrons. The minimum atomic E-state index is 0. The molecule has 1 fully saturated rings. The molecule has 1 heteroatoms. The molecule has 0 nitrogen and oxygen atoms in total. The van der Waals surface area contributed by atoms with Crippen molar-refractivity contribution in [3.05, 3.63) is 0 Å². The largest absolute Gasteiger partial charge is 0.147 e. The Bertz CT molecular complexity index is 50.5. The quantitative estimate of drug-likeness (QED) is 0.464. The van der Waals surface area contributed by atoms with Crippen molar-refractivity contribution in [3.63, 3.8) is 0 Å². The predicted octanol–water partition coefficient (Wildman–Crippen LogP) is 2.76. The third-order valence-corrected chi connectivity index (χ3v) is 1.32. The van der Waals surface area contributed by atoms with E-state index in [2.05, 4.69) is 0 Å². The highest BCUT2D eigenvalue weighted by molar-refractivity contribution is 5.85. The normalized spacial score (nSPS) is 25.4. The lowest BCUT2D eigenvalue weighted by molar-refractivity contribution is 0.504. The fourth-order valence-corrected chi connectivity index (χ4v) is 0.898. The molecule has 0 atom stereocenters. The van der Waals surface area contributed by atoms with E-state index in [9.17, 15) is 0 Å². The number of hydrogen-bond donors (Lipinski definition) is 0. The van der Waals surface area contributed by atoms with E-state index in [1.165, 1.54) is 19.3 Å². The van der Waals surface area contributed by atoms with E-state index in [1.807, 2.05) is 0 Å². The summed E-state index contributed by atoms with van der Waals surface area (Å²) in [5.41, 5.74) is 0. The van der Waals surface area contributed by atoms with Gasteiger partial charge in [0.15, 0.2) is 0 Å². The van der Waals surface area contributed by atoms with Gasteiger partial charge in [-0.2, -0.15) is 0 Å². The smallest absolute Gasteiger partial charge is 0.0267 e. The SMILES string of the molecule is Cl.[3H]C1CCCCC1. The van der Waals surface area contributed by atoms with E-state index in [4.69, 9.17) is 1.37 Å². The van der Waals surface area contributed by atoms with E-state index in [1.54, 1.807) is 0 Å². The van der Waals surface area contributed by atoms with Crippen LogP contribution in [0.3, 0.4) is 0 Å². The zero-order chi connectivity index (χ0) is 5.11. The maximum absolute atomic E-state index is 7.27. The minimum absolute atomic E-state index is 0. The van der Waals surface area contributed by atoms with E-state index < -0.39 is 0 Å². The minimum Gasteiger partial charge on any atom is -0.147 e. The monoisotopic (exact) mass is 122 g/mol. The maximum atomic E-state index is 7.27. The van der Waals surface area contributed by atoms with Crippen LogP contribution in [0.15, 0.2) is 0 Å². The standard InChI is InChI=1S/C6H12.ClH/c1-2-4-6-5-3-1;/h1-6H2;1H/i1T;. The van der Waals surface area contributed by atoms with Crippen LogP contribution in [0.25, 0.3) is 0 Å². The van der Waals surface area contributed by atoms with Crippen LogP contribution in [0.4, 0.5) is 0 Å². The van der Waals surface area contributed by atoms with Crippen molar-refractivity contribution < 1.29 is 1.37 Å². The van der Waals surface area contributed by atoms with E-state index in [-0.39, 0.29) is 18.8 Å². The Morgan fingerprint density at radius 3 is 1.57 bits per heavy atom.